The van der Waals surface area contributed by atoms with Gasteiger partial charge < -0.3 is 15.4 Å². The molecule has 2 rings (SSSR count). The summed E-state index contributed by atoms with van der Waals surface area (Å²) in [5.74, 6) is 1.06. The second-order valence-corrected chi connectivity index (χ2v) is 4.91. The third-order valence-corrected chi connectivity index (χ3v) is 3.13. The average Bonchev–Trinajstić information content (AvgIpc) is 2.66. The van der Waals surface area contributed by atoms with E-state index in [1.165, 1.54) is 11.1 Å². The molecule has 1 heterocycles. The Morgan fingerprint density at radius 2 is 2.29 bits per heavy atom. The van der Waals surface area contributed by atoms with Crippen LogP contribution in [0.5, 0.6) is 5.75 Å². The van der Waals surface area contributed by atoms with Crippen molar-refractivity contribution in [3.8, 4) is 5.75 Å². The lowest BCUT2D eigenvalue weighted by atomic mass is 10.1. The number of hydrogen-bond donors (Lipinski definition) is 2. The molecule has 17 heavy (non-hydrogen) atoms. The van der Waals surface area contributed by atoms with Gasteiger partial charge in [0.1, 0.15) is 11.9 Å². The van der Waals surface area contributed by atoms with Crippen LogP contribution in [-0.4, -0.2) is 25.7 Å². The van der Waals surface area contributed by atoms with Crippen molar-refractivity contribution in [1.82, 2.24) is 10.6 Å². The van der Waals surface area contributed by atoms with Crippen LogP contribution in [0.2, 0.25) is 0 Å². The van der Waals surface area contributed by atoms with Gasteiger partial charge >= 0.3 is 0 Å². The van der Waals surface area contributed by atoms with E-state index in [4.69, 9.17) is 4.74 Å². The molecule has 0 radical (unpaired) electrons. The van der Waals surface area contributed by atoms with Crippen LogP contribution in [0, 0.1) is 0 Å². The minimum atomic E-state index is 0.330. The molecule has 3 heteroatoms. The summed E-state index contributed by atoms with van der Waals surface area (Å²) in [5, 5.41) is 6.67. The summed E-state index contributed by atoms with van der Waals surface area (Å²) in [7, 11) is 1.98. The summed E-state index contributed by atoms with van der Waals surface area (Å²) in [6.07, 6.45) is 1.37. The molecule has 0 aromatic heterocycles. The van der Waals surface area contributed by atoms with E-state index >= 15 is 0 Å². The maximum atomic E-state index is 5.70. The first-order chi connectivity index (χ1) is 8.19. The Morgan fingerprint density at radius 1 is 1.47 bits per heavy atom. The highest BCUT2D eigenvalue weighted by Crippen LogP contribution is 2.29. The fraction of sp³-hybridized carbons (Fsp3) is 0.571. The highest BCUT2D eigenvalue weighted by molar-refractivity contribution is 5.40. The van der Waals surface area contributed by atoms with E-state index in [2.05, 4.69) is 42.7 Å². The number of benzene rings is 1. The number of rotatable bonds is 5. The van der Waals surface area contributed by atoms with Crippen LogP contribution >= 0.6 is 0 Å². The lowest BCUT2D eigenvalue weighted by Crippen LogP contribution is -2.34. The van der Waals surface area contributed by atoms with Crippen LogP contribution in [0.15, 0.2) is 18.2 Å². The van der Waals surface area contributed by atoms with E-state index in [9.17, 15) is 0 Å². The van der Waals surface area contributed by atoms with Crippen LogP contribution in [0.3, 0.4) is 0 Å². The number of ether oxygens (including phenoxy) is 1. The van der Waals surface area contributed by atoms with Gasteiger partial charge in [0, 0.05) is 25.6 Å². The van der Waals surface area contributed by atoms with Gasteiger partial charge in [-0.25, -0.2) is 0 Å². The van der Waals surface area contributed by atoms with Crippen LogP contribution in [0.4, 0.5) is 0 Å². The molecule has 2 atom stereocenters. The van der Waals surface area contributed by atoms with Gasteiger partial charge in [-0.05, 0) is 38.1 Å². The Kier molecular flexibility index (Phi) is 4.02. The molecule has 0 spiro atoms. The van der Waals surface area contributed by atoms with Crippen LogP contribution < -0.4 is 15.4 Å². The van der Waals surface area contributed by atoms with Crippen molar-refractivity contribution in [2.24, 2.45) is 0 Å². The molecule has 0 saturated heterocycles. The molecule has 0 amide bonds. The van der Waals surface area contributed by atoms with E-state index in [-0.39, 0.29) is 0 Å². The zero-order valence-corrected chi connectivity index (χ0v) is 10.9. The van der Waals surface area contributed by atoms with Crippen molar-refractivity contribution in [3.05, 3.63) is 29.3 Å². The molecule has 2 unspecified atom stereocenters. The number of nitrogens with one attached hydrogen (secondary N) is 2. The SMILES string of the molecule is CNCC(C)NCc1ccc2c(c1)CC(C)O2. The minimum absolute atomic E-state index is 0.330. The first-order valence-electron chi connectivity index (χ1n) is 6.35. The molecule has 94 valence electrons. The molecule has 2 N–H and O–H groups in total. The first-order valence-corrected chi connectivity index (χ1v) is 6.35. The molecule has 0 bridgehead atoms. The maximum absolute atomic E-state index is 5.70. The Morgan fingerprint density at radius 3 is 3.06 bits per heavy atom. The second kappa shape index (κ2) is 5.52. The van der Waals surface area contributed by atoms with Crippen molar-refractivity contribution in [1.29, 1.82) is 0 Å². The van der Waals surface area contributed by atoms with E-state index < -0.39 is 0 Å². The molecule has 1 aromatic carbocycles. The lowest BCUT2D eigenvalue weighted by molar-refractivity contribution is 0.254. The Hall–Kier alpha value is -1.06. The molecule has 1 aliphatic rings. The first kappa shape index (κ1) is 12.4. The monoisotopic (exact) mass is 234 g/mol. The lowest BCUT2D eigenvalue weighted by Gasteiger charge is -2.13. The summed E-state index contributed by atoms with van der Waals surface area (Å²) in [6.45, 7) is 6.22. The highest BCUT2D eigenvalue weighted by Gasteiger charge is 2.18. The van der Waals surface area contributed by atoms with Crippen molar-refractivity contribution >= 4 is 0 Å². The third kappa shape index (κ3) is 3.20. The van der Waals surface area contributed by atoms with Crippen molar-refractivity contribution in [2.45, 2.75) is 39.0 Å². The summed E-state index contributed by atoms with van der Waals surface area (Å²) in [5.41, 5.74) is 2.68. The Balaban J connectivity index is 1.92. The standard InChI is InChI=1S/C14H22N2O/c1-10(8-15-3)16-9-12-4-5-14-13(7-12)6-11(2)17-14/h4-5,7,10-11,15-16H,6,8-9H2,1-3H3. The molecule has 1 aromatic rings. The van der Waals surface area contributed by atoms with Crippen LogP contribution in [0.1, 0.15) is 25.0 Å². The maximum Gasteiger partial charge on any atom is 0.123 e. The summed E-state index contributed by atoms with van der Waals surface area (Å²) in [6, 6.07) is 7.00. The van der Waals surface area contributed by atoms with Crippen LogP contribution in [-0.2, 0) is 13.0 Å². The molecular formula is C14H22N2O. The van der Waals surface area contributed by atoms with Crippen molar-refractivity contribution in [2.75, 3.05) is 13.6 Å². The number of likely N-dealkylation sites (N-methyl/N-ethyl adjacent to an activating group) is 1. The van der Waals surface area contributed by atoms with E-state index in [0.29, 0.717) is 12.1 Å². The fourth-order valence-electron chi connectivity index (χ4n) is 2.26. The topological polar surface area (TPSA) is 33.3 Å². The van der Waals surface area contributed by atoms with Gasteiger partial charge in [-0.2, -0.15) is 0 Å². The summed E-state index contributed by atoms with van der Waals surface area (Å²) in [4.78, 5) is 0. The molecule has 0 fully saturated rings. The summed E-state index contributed by atoms with van der Waals surface area (Å²) < 4.78 is 5.70. The predicted molar refractivity (Wildman–Crippen MR) is 70.5 cm³/mol. The smallest absolute Gasteiger partial charge is 0.123 e. The summed E-state index contributed by atoms with van der Waals surface area (Å²) >= 11 is 0. The van der Waals surface area contributed by atoms with Crippen molar-refractivity contribution in [3.63, 3.8) is 0 Å². The Bertz CT molecular complexity index is 378. The highest BCUT2D eigenvalue weighted by atomic mass is 16.5. The van der Waals surface area contributed by atoms with Gasteiger partial charge in [-0.15, -0.1) is 0 Å². The van der Waals surface area contributed by atoms with Crippen LogP contribution in [0.25, 0.3) is 0 Å². The predicted octanol–water partition coefficient (Wildman–Crippen LogP) is 1.71. The average molecular weight is 234 g/mol. The Labute approximate surface area is 104 Å². The quantitative estimate of drug-likeness (QED) is 0.813. The van der Waals surface area contributed by atoms with Gasteiger partial charge in [0.25, 0.3) is 0 Å². The van der Waals surface area contributed by atoms with E-state index in [1.54, 1.807) is 0 Å². The second-order valence-electron chi connectivity index (χ2n) is 4.91. The molecule has 3 nitrogen and oxygen atoms in total. The van der Waals surface area contributed by atoms with E-state index in [0.717, 1.165) is 25.3 Å². The molecule has 0 saturated carbocycles. The number of fused-ring (bicyclic) bond motifs is 1. The normalized spacial score (nSPS) is 19.8. The fourth-order valence-corrected chi connectivity index (χ4v) is 2.26. The molecule has 0 aliphatic carbocycles. The third-order valence-electron chi connectivity index (χ3n) is 3.13. The van der Waals surface area contributed by atoms with Gasteiger partial charge in [0.2, 0.25) is 0 Å². The number of hydrogen-bond acceptors (Lipinski definition) is 3. The van der Waals surface area contributed by atoms with Gasteiger partial charge in [0.05, 0.1) is 0 Å². The van der Waals surface area contributed by atoms with E-state index in [1.807, 2.05) is 7.05 Å². The minimum Gasteiger partial charge on any atom is -0.490 e. The molecule has 1 aliphatic heterocycles. The largest absolute Gasteiger partial charge is 0.490 e. The van der Waals surface area contributed by atoms with Gasteiger partial charge in [-0.1, -0.05) is 12.1 Å². The zero-order chi connectivity index (χ0) is 12.3. The van der Waals surface area contributed by atoms with Crippen molar-refractivity contribution < 1.29 is 4.74 Å². The van der Waals surface area contributed by atoms with Gasteiger partial charge in [0.15, 0.2) is 0 Å². The van der Waals surface area contributed by atoms with Gasteiger partial charge in [-0.3, -0.25) is 0 Å². The zero-order valence-electron chi connectivity index (χ0n) is 10.9. The molecular weight excluding hydrogens is 212 g/mol.